The number of imide groups is 1. The van der Waals surface area contributed by atoms with Crippen LogP contribution in [0.25, 0.3) is 21.9 Å². The molecule has 288 valence electrons. The first-order valence-corrected chi connectivity index (χ1v) is 17.6. The second-order valence-corrected chi connectivity index (χ2v) is 16.5. The Morgan fingerprint density at radius 1 is 0.833 bits per heavy atom. The number of hydrogen-bond donors (Lipinski definition) is 2. The number of pyridine rings is 2. The molecule has 1 aromatic carbocycles. The van der Waals surface area contributed by atoms with E-state index >= 15 is 4.39 Å². The number of carbonyl (C=O) groups is 4. The SMILES string of the molecule is Cc1c(-c2cc3cc(NC(=O)C4C(C)C4c4cnn(C)c4)ncc3c(NC(=O)OC(C)(C)C)c2F)cncc1N(C(=O)OC(C)(C)C)C(=O)OC(C)(C)C. The lowest BCUT2D eigenvalue weighted by Gasteiger charge is -2.29. The van der Waals surface area contributed by atoms with Gasteiger partial charge in [0.25, 0.3) is 0 Å². The summed E-state index contributed by atoms with van der Waals surface area (Å²) >= 11 is 0. The van der Waals surface area contributed by atoms with Crippen LogP contribution in [-0.4, -0.2) is 60.7 Å². The molecule has 1 aliphatic rings. The van der Waals surface area contributed by atoms with Crippen LogP contribution < -0.4 is 15.5 Å². The number of benzene rings is 1. The fourth-order valence-electron chi connectivity index (χ4n) is 6.16. The third-order valence-electron chi connectivity index (χ3n) is 8.50. The van der Waals surface area contributed by atoms with Gasteiger partial charge >= 0.3 is 18.3 Å². The van der Waals surface area contributed by atoms with Crippen molar-refractivity contribution in [2.24, 2.45) is 18.9 Å². The van der Waals surface area contributed by atoms with E-state index in [-0.39, 0.29) is 62.9 Å². The van der Waals surface area contributed by atoms with Crippen molar-refractivity contribution in [3.63, 3.8) is 0 Å². The van der Waals surface area contributed by atoms with Gasteiger partial charge in [-0.2, -0.15) is 10.00 Å². The number of hydrogen-bond acceptors (Lipinski definition) is 10. The summed E-state index contributed by atoms with van der Waals surface area (Å²) in [5.74, 6) is -1.08. The number of ether oxygens (including phenoxy) is 3. The van der Waals surface area contributed by atoms with Gasteiger partial charge in [0.05, 0.1) is 23.8 Å². The number of nitrogens with zero attached hydrogens (tertiary/aromatic N) is 5. The molecule has 3 unspecified atom stereocenters. The van der Waals surface area contributed by atoms with E-state index in [4.69, 9.17) is 14.2 Å². The van der Waals surface area contributed by atoms with Crippen molar-refractivity contribution in [1.29, 1.82) is 0 Å². The fraction of sp³-hybridized carbons (Fsp3) is 0.462. The Hall–Kier alpha value is -5.60. The summed E-state index contributed by atoms with van der Waals surface area (Å²) in [7, 11) is 1.82. The summed E-state index contributed by atoms with van der Waals surface area (Å²) in [5.41, 5.74) is -1.69. The van der Waals surface area contributed by atoms with E-state index < -0.39 is 40.9 Å². The summed E-state index contributed by atoms with van der Waals surface area (Å²) < 4.78 is 35.1. The Kier molecular flexibility index (Phi) is 10.5. The molecular formula is C39H48FN7O7. The van der Waals surface area contributed by atoms with Gasteiger partial charge in [-0.25, -0.2) is 23.8 Å². The number of aryl methyl sites for hydroxylation is 1. The van der Waals surface area contributed by atoms with Crippen molar-refractivity contribution in [3.05, 3.63) is 60.1 Å². The van der Waals surface area contributed by atoms with Crippen molar-refractivity contribution in [2.75, 3.05) is 15.5 Å². The average molecular weight is 746 g/mol. The van der Waals surface area contributed by atoms with Crippen LogP contribution >= 0.6 is 0 Å². The van der Waals surface area contributed by atoms with Gasteiger partial charge in [0.2, 0.25) is 5.91 Å². The van der Waals surface area contributed by atoms with E-state index in [1.807, 2.05) is 20.2 Å². The van der Waals surface area contributed by atoms with E-state index in [1.54, 1.807) is 86.2 Å². The molecule has 3 atom stereocenters. The first-order chi connectivity index (χ1) is 24.9. The number of nitrogens with one attached hydrogen (secondary N) is 2. The van der Waals surface area contributed by atoms with Crippen molar-refractivity contribution in [2.45, 2.75) is 98.9 Å². The molecule has 0 saturated heterocycles. The Bertz CT molecular complexity index is 2100. The van der Waals surface area contributed by atoms with E-state index in [0.29, 0.717) is 5.39 Å². The molecule has 2 N–H and O–H groups in total. The minimum atomic E-state index is -1.02. The van der Waals surface area contributed by atoms with Crippen LogP contribution in [-0.2, 0) is 26.1 Å². The highest BCUT2D eigenvalue weighted by molar-refractivity contribution is 6.11. The molecule has 1 saturated carbocycles. The highest BCUT2D eigenvalue weighted by Crippen LogP contribution is 2.54. The standard InChI is InChI=1S/C39H48FN7O7/c1-20-25(16-41-18-27(20)47(35(50)53-38(6,7)8)36(51)54-39(9,10)11)24-13-22-14-28(44-33(48)30-21(2)29(30)23-15-43-46(12)19-23)42-17-26(22)32(31(24)40)45-34(49)52-37(3,4)5/h13-19,21,29-30H,1-12H3,(H,45,49)(H,42,44,48). The first kappa shape index (κ1) is 39.6. The number of anilines is 3. The molecule has 1 fully saturated rings. The molecule has 0 aliphatic heterocycles. The van der Waals surface area contributed by atoms with Crippen LogP contribution in [0.15, 0.2) is 43.1 Å². The lowest BCUT2D eigenvalue weighted by atomic mass is 9.97. The molecular weight excluding hydrogens is 697 g/mol. The molecule has 0 spiro atoms. The summed E-state index contributed by atoms with van der Waals surface area (Å²) in [5, 5.41) is 10.3. The minimum Gasteiger partial charge on any atom is -0.444 e. The normalized spacial score (nSPS) is 17.1. The molecule has 14 nitrogen and oxygen atoms in total. The highest BCUT2D eigenvalue weighted by atomic mass is 19.1. The largest absolute Gasteiger partial charge is 0.444 e. The summed E-state index contributed by atoms with van der Waals surface area (Å²) in [4.78, 5) is 62.9. The third-order valence-corrected chi connectivity index (χ3v) is 8.50. The van der Waals surface area contributed by atoms with Crippen LogP contribution in [0.1, 0.15) is 86.3 Å². The van der Waals surface area contributed by atoms with Gasteiger partial charge < -0.3 is 19.5 Å². The second-order valence-electron chi connectivity index (χ2n) is 16.5. The molecule has 0 radical (unpaired) electrons. The summed E-state index contributed by atoms with van der Waals surface area (Å²) in [6.45, 7) is 18.5. The Labute approximate surface area is 313 Å². The van der Waals surface area contributed by atoms with Gasteiger partial charge in [-0.1, -0.05) is 6.92 Å². The molecule has 3 heterocycles. The maximum atomic E-state index is 16.8. The maximum absolute atomic E-state index is 16.8. The topological polar surface area (TPSA) is 167 Å². The quantitative estimate of drug-likeness (QED) is 0.183. The first-order valence-electron chi connectivity index (χ1n) is 17.6. The van der Waals surface area contributed by atoms with Crippen molar-refractivity contribution < 1.29 is 37.8 Å². The number of rotatable bonds is 6. The van der Waals surface area contributed by atoms with Crippen LogP contribution in [0.4, 0.5) is 36.0 Å². The van der Waals surface area contributed by atoms with Gasteiger partial charge in [-0.05, 0) is 104 Å². The lowest BCUT2D eigenvalue weighted by molar-refractivity contribution is -0.117. The van der Waals surface area contributed by atoms with Gasteiger partial charge in [-0.15, -0.1) is 0 Å². The average Bonchev–Trinajstić information content (AvgIpc) is 3.50. The summed E-state index contributed by atoms with van der Waals surface area (Å²) in [6, 6.07) is 3.09. The van der Waals surface area contributed by atoms with Crippen LogP contribution in [0.3, 0.4) is 0 Å². The van der Waals surface area contributed by atoms with E-state index in [9.17, 15) is 19.2 Å². The number of amides is 4. The Balaban J connectivity index is 1.60. The van der Waals surface area contributed by atoms with Crippen molar-refractivity contribution in [3.8, 4) is 11.1 Å². The summed E-state index contributed by atoms with van der Waals surface area (Å²) in [6.07, 6.45) is 4.70. The zero-order valence-corrected chi connectivity index (χ0v) is 32.7. The number of halogens is 1. The smallest absolute Gasteiger partial charge is 0.424 e. The molecule has 4 amide bonds. The number of carbonyl (C=O) groups excluding carboxylic acids is 4. The van der Waals surface area contributed by atoms with Crippen LogP contribution in [0.2, 0.25) is 0 Å². The third kappa shape index (κ3) is 8.95. The zero-order valence-electron chi connectivity index (χ0n) is 32.7. The Morgan fingerprint density at radius 2 is 1.44 bits per heavy atom. The van der Waals surface area contributed by atoms with Crippen LogP contribution in [0, 0.1) is 24.6 Å². The lowest BCUT2D eigenvalue weighted by Crippen LogP contribution is -2.44. The van der Waals surface area contributed by atoms with Gasteiger partial charge in [0, 0.05) is 54.0 Å². The highest BCUT2D eigenvalue weighted by Gasteiger charge is 2.53. The Morgan fingerprint density at radius 3 is 2.00 bits per heavy atom. The monoisotopic (exact) mass is 745 g/mol. The molecule has 4 aromatic rings. The number of fused-ring (bicyclic) bond motifs is 1. The molecule has 54 heavy (non-hydrogen) atoms. The predicted octanol–water partition coefficient (Wildman–Crippen LogP) is 8.49. The van der Waals surface area contributed by atoms with Crippen LogP contribution in [0.5, 0.6) is 0 Å². The molecule has 3 aromatic heterocycles. The van der Waals surface area contributed by atoms with Crippen molar-refractivity contribution in [1.82, 2.24) is 19.7 Å². The van der Waals surface area contributed by atoms with E-state index in [1.165, 1.54) is 24.7 Å². The number of aromatic nitrogens is 4. The molecule has 1 aliphatic carbocycles. The maximum Gasteiger partial charge on any atom is 0.424 e. The van der Waals surface area contributed by atoms with E-state index in [0.717, 1.165) is 10.5 Å². The molecule has 0 bridgehead atoms. The second kappa shape index (κ2) is 14.3. The van der Waals surface area contributed by atoms with Crippen molar-refractivity contribution >= 4 is 52.2 Å². The molecule has 5 rings (SSSR count). The van der Waals surface area contributed by atoms with E-state index in [2.05, 4.69) is 25.7 Å². The van der Waals surface area contributed by atoms with Gasteiger partial charge in [0.1, 0.15) is 22.6 Å². The van der Waals surface area contributed by atoms with Gasteiger partial charge in [-0.3, -0.25) is 19.8 Å². The van der Waals surface area contributed by atoms with Gasteiger partial charge in [0.15, 0.2) is 5.82 Å². The zero-order chi connectivity index (χ0) is 40.1. The fourth-order valence-corrected chi connectivity index (χ4v) is 6.16. The predicted molar refractivity (Wildman–Crippen MR) is 202 cm³/mol. The minimum absolute atomic E-state index is 0.00756. The molecule has 15 heteroatoms.